The Hall–Kier alpha value is -1.80. The Bertz CT molecular complexity index is 455. The molecule has 2 aromatic carbocycles. The molecule has 0 saturated carbocycles. The van der Waals surface area contributed by atoms with Crippen molar-refractivity contribution in [2.24, 2.45) is 0 Å². The molecule has 0 aliphatic carbocycles. The smallest absolute Gasteiger partial charge is 0.115 e. The quantitative estimate of drug-likeness (QED) is 0.806. The number of hydrogen-bond acceptors (Lipinski definition) is 2. The molecule has 0 aliphatic rings. The van der Waals surface area contributed by atoms with Crippen LogP contribution in [0.25, 0.3) is 11.1 Å². The molecule has 0 heterocycles. The minimum atomic E-state index is -0.436. The van der Waals surface area contributed by atoms with Crippen LogP contribution >= 0.6 is 0 Å². The molecule has 2 N–H and O–H groups in total. The highest BCUT2D eigenvalue weighted by Crippen LogP contribution is 2.23. The molecule has 0 aromatic heterocycles. The van der Waals surface area contributed by atoms with E-state index in [-0.39, 0.29) is 5.75 Å². The lowest BCUT2D eigenvalue weighted by Gasteiger charge is -2.06. The maximum Gasteiger partial charge on any atom is 0.115 e. The van der Waals surface area contributed by atoms with Crippen molar-refractivity contribution >= 4 is 0 Å². The van der Waals surface area contributed by atoms with Crippen LogP contribution in [0, 0.1) is 0 Å². The fourth-order valence-corrected chi connectivity index (χ4v) is 1.61. The molecule has 0 radical (unpaired) electrons. The van der Waals surface area contributed by atoms with Crippen LogP contribution in [0.5, 0.6) is 5.75 Å². The minimum absolute atomic E-state index is 0.268. The van der Waals surface area contributed by atoms with Gasteiger partial charge in [0.15, 0.2) is 0 Å². The first-order valence-corrected chi connectivity index (χ1v) is 5.24. The van der Waals surface area contributed by atoms with Gasteiger partial charge in [-0.05, 0) is 35.7 Å². The maximum atomic E-state index is 9.39. The molecule has 82 valence electrons. The van der Waals surface area contributed by atoms with Crippen molar-refractivity contribution in [3.63, 3.8) is 0 Å². The van der Waals surface area contributed by atoms with Crippen molar-refractivity contribution in [3.8, 4) is 16.9 Å². The molecular formula is C14H14O2. The van der Waals surface area contributed by atoms with Gasteiger partial charge in [-0.1, -0.05) is 36.4 Å². The minimum Gasteiger partial charge on any atom is -0.508 e. The molecule has 0 saturated heterocycles. The van der Waals surface area contributed by atoms with E-state index in [1.54, 1.807) is 19.1 Å². The van der Waals surface area contributed by atoms with E-state index in [1.165, 1.54) is 0 Å². The summed E-state index contributed by atoms with van der Waals surface area (Å²) < 4.78 is 0. The highest BCUT2D eigenvalue weighted by Gasteiger charge is 2.01. The van der Waals surface area contributed by atoms with Crippen LogP contribution in [0.1, 0.15) is 18.6 Å². The molecule has 0 aliphatic heterocycles. The topological polar surface area (TPSA) is 40.5 Å². The molecule has 16 heavy (non-hydrogen) atoms. The fraction of sp³-hybridized carbons (Fsp3) is 0.143. The van der Waals surface area contributed by atoms with Gasteiger partial charge in [0, 0.05) is 0 Å². The molecule has 1 atom stereocenters. The van der Waals surface area contributed by atoms with Crippen molar-refractivity contribution in [1.29, 1.82) is 0 Å². The summed E-state index contributed by atoms with van der Waals surface area (Å²) in [6, 6.07) is 14.8. The summed E-state index contributed by atoms with van der Waals surface area (Å²) in [5, 5.41) is 18.6. The highest BCUT2D eigenvalue weighted by molar-refractivity contribution is 5.64. The number of rotatable bonds is 2. The van der Waals surface area contributed by atoms with Crippen LogP contribution in [-0.4, -0.2) is 10.2 Å². The molecule has 2 nitrogen and oxygen atoms in total. The van der Waals surface area contributed by atoms with E-state index in [4.69, 9.17) is 0 Å². The molecule has 0 fully saturated rings. The van der Waals surface area contributed by atoms with Gasteiger partial charge in [0.05, 0.1) is 6.10 Å². The molecule has 1 unspecified atom stereocenters. The van der Waals surface area contributed by atoms with E-state index in [9.17, 15) is 10.2 Å². The Labute approximate surface area is 94.8 Å². The van der Waals surface area contributed by atoms with Crippen LogP contribution in [0.2, 0.25) is 0 Å². The molecular weight excluding hydrogens is 200 g/mol. The van der Waals surface area contributed by atoms with Crippen molar-refractivity contribution in [2.45, 2.75) is 13.0 Å². The maximum absolute atomic E-state index is 9.39. The Kier molecular flexibility index (Phi) is 2.93. The SMILES string of the molecule is CC(O)c1ccc(-c2ccc(O)cc2)cc1. The van der Waals surface area contributed by atoms with Gasteiger partial charge in [0.2, 0.25) is 0 Å². The predicted octanol–water partition coefficient (Wildman–Crippen LogP) is 3.11. The lowest BCUT2D eigenvalue weighted by molar-refractivity contribution is 0.199. The van der Waals surface area contributed by atoms with Crippen LogP contribution in [0.3, 0.4) is 0 Å². The van der Waals surface area contributed by atoms with Crippen LogP contribution < -0.4 is 0 Å². The fourth-order valence-electron chi connectivity index (χ4n) is 1.61. The summed E-state index contributed by atoms with van der Waals surface area (Å²) in [4.78, 5) is 0. The van der Waals surface area contributed by atoms with Gasteiger partial charge in [-0.25, -0.2) is 0 Å². The van der Waals surface area contributed by atoms with Crippen molar-refractivity contribution in [3.05, 3.63) is 54.1 Å². The van der Waals surface area contributed by atoms with Crippen LogP contribution in [0.4, 0.5) is 0 Å². The predicted molar refractivity (Wildman–Crippen MR) is 64.2 cm³/mol. The van der Waals surface area contributed by atoms with E-state index in [0.29, 0.717) is 0 Å². The third-order valence-corrected chi connectivity index (χ3v) is 2.59. The summed E-state index contributed by atoms with van der Waals surface area (Å²) in [5.74, 6) is 0.268. The largest absolute Gasteiger partial charge is 0.508 e. The van der Waals surface area contributed by atoms with E-state index >= 15 is 0 Å². The Morgan fingerprint density at radius 1 is 0.812 bits per heavy atom. The zero-order valence-electron chi connectivity index (χ0n) is 9.09. The zero-order valence-corrected chi connectivity index (χ0v) is 9.09. The Morgan fingerprint density at radius 2 is 1.25 bits per heavy atom. The monoisotopic (exact) mass is 214 g/mol. The molecule has 2 aromatic rings. The number of aliphatic hydroxyl groups excluding tert-OH is 1. The lowest BCUT2D eigenvalue weighted by atomic mass is 10.0. The first kappa shape index (κ1) is 10.7. The van der Waals surface area contributed by atoms with Gasteiger partial charge in [0.1, 0.15) is 5.75 Å². The van der Waals surface area contributed by atoms with E-state index in [0.717, 1.165) is 16.7 Å². The second-order valence-corrected chi connectivity index (χ2v) is 3.84. The van der Waals surface area contributed by atoms with Gasteiger partial charge in [0.25, 0.3) is 0 Å². The molecule has 0 bridgehead atoms. The number of phenolic OH excluding ortho intramolecular Hbond substituents is 1. The first-order chi connectivity index (χ1) is 7.66. The number of hydrogen-bond donors (Lipinski definition) is 2. The average Bonchev–Trinajstić information content (AvgIpc) is 2.30. The number of aromatic hydroxyl groups is 1. The Morgan fingerprint density at radius 3 is 1.69 bits per heavy atom. The Balaban J connectivity index is 2.31. The van der Waals surface area contributed by atoms with Gasteiger partial charge in [-0.3, -0.25) is 0 Å². The van der Waals surface area contributed by atoms with Crippen molar-refractivity contribution in [1.82, 2.24) is 0 Å². The van der Waals surface area contributed by atoms with Crippen LogP contribution in [-0.2, 0) is 0 Å². The summed E-state index contributed by atoms with van der Waals surface area (Å²) in [7, 11) is 0. The van der Waals surface area contributed by atoms with Gasteiger partial charge >= 0.3 is 0 Å². The number of benzene rings is 2. The molecule has 0 amide bonds. The van der Waals surface area contributed by atoms with Gasteiger partial charge < -0.3 is 10.2 Å². The van der Waals surface area contributed by atoms with E-state index < -0.39 is 6.10 Å². The lowest BCUT2D eigenvalue weighted by Crippen LogP contribution is -1.89. The summed E-state index contributed by atoms with van der Waals surface area (Å²) >= 11 is 0. The highest BCUT2D eigenvalue weighted by atomic mass is 16.3. The number of aliphatic hydroxyl groups is 1. The molecule has 2 heteroatoms. The molecule has 2 rings (SSSR count). The first-order valence-electron chi connectivity index (χ1n) is 5.24. The van der Waals surface area contributed by atoms with Crippen molar-refractivity contribution < 1.29 is 10.2 Å². The van der Waals surface area contributed by atoms with E-state index in [1.807, 2.05) is 36.4 Å². The summed E-state index contributed by atoms with van der Waals surface area (Å²) in [5.41, 5.74) is 3.03. The van der Waals surface area contributed by atoms with Crippen molar-refractivity contribution in [2.75, 3.05) is 0 Å². The summed E-state index contributed by atoms with van der Waals surface area (Å²) in [6.07, 6.45) is -0.436. The zero-order chi connectivity index (χ0) is 11.5. The third kappa shape index (κ3) is 2.23. The van der Waals surface area contributed by atoms with Gasteiger partial charge in [-0.2, -0.15) is 0 Å². The second kappa shape index (κ2) is 4.37. The standard InChI is InChI=1S/C14H14O2/c1-10(15)11-2-4-12(5-3-11)13-6-8-14(16)9-7-13/h2-10,15-16H,1H3. The van der Waals surface area contributed by atoms with E-state index in [2.05, 4.69) is 0 Å². The summed E-state index contributed by atoms with van der Waals surface area (Å²) in [6.45, 7) is 1.75. The molecule has 0 spiro atoms. The van der Waals surface area contributed by atoms with Gasteiger partial charge in [-0.15, -0.1) is 0 Å². The normalized spacial score (nSPS) is 12.4. The second-order valence-electron chi connectivity index (χ2n) is 3.84. The van der Waals surface area contributed by atoms with Crippen LogP contribution in [0.15, 0.2) is 48.5 Å². The third-order valence-electron chi connectivity index (χ3n) is 2.59. The number of phenols is 1. The average molecular weight is 214 g/mol.